The molecule has 6 heteroatoms. The van der Waals surface area contributed by atoms with Crippen LogP contribution < -0.4 is 0 Å². The molecule has 1 aromatic heterocycles. The van der Waals surface area contributed by atoms with Crippen molar-refractivity contribution in [2.24, 2.45) is 0 Å². The van der Waals surface area contributed by atoms with Gasteiger partial charge in [0.15, 0.2) is 0 Å². The third-order valence-corrected chi connectivity index (χ3v) is 4.33. The lowest BCUT2D eigenvalue weighted by molar-refractivity contribution is 0.627. The maximum Gasteiger partial charge on any atom is 0.148 e. The largest absolute Gasteiger partial charge is 0.207 e. The Kier molecular flexibility index (Phi) is 4.69. The summed E-state index contributed by atoms with van der Waals surface area (Å²) in [5, 5.41) is 10.0. The molecule has 0 bridgehead atoms. The number of aromatic nitrogens is 2. The summed E-state index contributed by atoms with van der Waals surface area (Å²) in [7, 11) is 0. The summed E-state index contributed by atoms with van der Waals surface area (Å²) in [4.78, 5) is 0. The van der Waals surface area contributed by atoms with Crippen LogP contribution in [0.4, 0.5) is 4.39 Å². The van der Waals surface area contributed by atoms with E-state index in [1.807, 2.05) is 0 Å². The Hall–Kier alpha value is -0.270. The first-order valence-electron chi connectivity index (χ1n) is 5.04. The number of alkyl halides is 1. The second kappa shape index (κ2) is 6.06. The van der Waals surface area contributed by atoms with Crippen LogP contribution in [0.3, 0.4) is 0 Å². The molecule has 0 saturated carbocycles. The van der Waals surface area contributed by atoms with Gasteiger partial charge in [0.05, 0.1) is 0 Å². The molecule has 0 spiro atoms. The molecule has 0 N–H and O–H groups in total. The second-order valence-corrected chi connectivity index (χ2v) is 6.02. The summed E-state index contributed by atoms with van der Waals surface area (Å²) in [6, 6.07) is 4.68. The molecule has 0 aliphatic rings. The fourth-order valence-electron chi connectivity index (χ4n) is 1.34. The molecule has 2 rings (SSSR count). The van der Waals surface area contributed by atoms with Gasteiger partial charge in [0.1, 0.15) is 15.8 Å². The summed E-state index contributed by atoms with van der Waals surface area (Å²) in [5.74, 6) is 0.397. The predicted octanol–water partition coefficient (Wildman–Crippen LogP) is 4.12. The van der Waals surface area contributed by atoms with E-state index in [4.69, 9.17) is 11.6 Å². The van der Waals surface area contributed by atoms with E-state index in [-0.39, 0.29) is 5.82 Å². The lowest BCUT2D eigenvalue weighted by Crippen LogP contribution is -1.85. The number of halogens is 3. The zero-order valence-corrected chi connectivity index (χ0v) is 12.5. The molecule has 0 saturated heterocycles. The Morgan fingerprint density at radius 1 is 1.35 bits per heavy atom. The Morgan fingerprint density at radius 2 is 2.18 bits per heavy atom. The standard InChI is InChI=1S/C11H9ClFIN2S/c12-5-1-2-10-15-16-11(17-10)8-4-3-7(13)6-9(8)14/h3-4,6H,1-2,5H2. The lowest BCUT2D eigenvalue weighted by Gasteiger charge is -1.99. The number of nitrogens with zero attached hydrogens (tertiary/aromatic N) is 2. The summed E-state index contributed by atoms with van der Waals surface area (Å²) in [5.41, 5.74) is 0.932. The highest BCUT2D eigenvalue weighted by molar-refractivity contribution is 14.1. The number of hydrogen-bond donors (Lipinski definition) is 0. The van der Waals surface area contributed by atoms with Crippen molar-refractivity contribution < 1.29 is 4.39 Å². The van der Waals surface area contributed by atoms with Gasteiger partial charge in [-0.25, -0.2) is 4.39 Å². The van der Waals surface area contributed by atoms with E-state index in [1.165, 1.54) is 23.5 Å². The third kappa shape index (κ3) is 3.35. The van der Waals surface area contributed by atoms with Crippen LogP contribution in [0.2, 0.25) is 0 Å². The molecule has 0 unspecified atom stereocenters. The Labute approximate surface area is 121 Å². The first-order chi connectivity index (χ1) is 8.20. The van der Waals surface area contributed by atoms with E-state index in [9.17, 15) is 4.39 Å². The molecule has 17 heavy (non-hydrogen) atoms. The number of aryl methyl sites for hydroxylation is 1. The van der Waals surface area contributed by atoms with E-state index in [0.29, 0.717) is 5.88 Å². The monoisotopic (exact) mass is 382 g/mol. The topological polar surface area (TPSA) is 25.8 Å². The normalized spacial score (nSPS) is 10.8. The van der Waals surface area contributed by atoms with Gasteiger partial charge in [0.25, 0.3) is 0 Å². The molecule has 2 aromatic rings. The van der Waals surface area contributed by atoms with Gasteiger partial charge in [0.2, 0.25) is 0 Å². The summed E-state index contributed by atoms with van der Waals surface area (Å²) in [6.07, 6.45) is 1.75. The van der Waals surface area contributed by atoms with Gasteiger partial charge in [-0.05, 0) is 47.2 Å². The zero-order valence-electron chi connectivity index (χ0n) is 8.79. The minimum absolute atomic E-state index is 0.231. The van der Waals surface area contributed by atoms with E-state index >= 15 is 0 Å². The molecule has 0 atom stereocenters. The van der Waals surface area contributed by atoms with Crippen LogP contribution in [-0.2, 0) is 6.42 Å². The van der Waals surface area contributed by atoms with Gasteiger partial charge in [-0.1, -0.05) is 11.3 Å². The summed E-state index contributed by atoms with van der Waals surface area (Å²) >= 11 is 9.27. The van der Waals surface area contributed by atoms with Crippen LogP contribution in [-0.4, -0.2) is 16.1 Å². The highest BCUT2D eigenvalue weighted by atomic mass is 127. The smallest absolute Gasteiger partial charge is 0.148 e. The summed E-state index contributed by atoms with van der Waals surface area (Å²) < 4.78 is 13.8. The van der Waals surface area contributed by atoms with Crippen molar-refractivity contribution >= 4 is 45.5 Å². The van der Waals surface area contributed by atoms with Crippen LogP contribution in [0, 0.1) is 9.39 Å². The minimum atomic E-state index is -0.231. The van der Waals surface area contributed by atoms with Crippen molar-refractivity contribution in [3.63, 3.8) is 0 Å². The average molecular weight is 383 g/mol. The molecule has 2 nitrogen and oxygen atoms in total. The van der Waals surface area contributed by atoms with Crippen molar-refractivity contribution in [3.05, 3.63) is 32.6 Å². The SMILES string of the molecule is Fc1ccc(-c2nnc(CCCCl)s2)c(I)c1. The van der Waals surface area contributed by atoms with Gasteiger partial charge >= 0.3 is 0 Å². The van der Waals surface area contributed by atoms with Gasteiger partial charge in [-0.3, -0.25) is 0 Å². The number of hydrogen-bond acceptors (Lipinski definition) is 3. The predicted molar refractivity (Wildman–Crippen MR) is 77.1 cm³/mol. The number of rotatable bonds is 4. The second-order valence-electron chi connectivity index (χ2n) is 3.42. The first kappa shape index (κ1) is 13.2. The molecular weight excluding hydrogens is 374 g/mol. The molecule has 1 aromatic carbocycles. The van der Waals surface area contributed by atoms with Crippen molar-refractivity contribution in [1.29, 1.82) is 0 Å². The molecule has 0 amide bonds. The maximum absolute atomic E-state index is 13.0. The third-order valence-electron chi connectivity index (χ3n) is 2.15. The Morgan fingerprint density at radius 3 is 2.88 bits per heavy atom. The van der Waals surface area contributed by atoms with Gasteiger partial charge in [-0.2, -0.15) is 0 Å². The lowest BCUT2D eigenvalue weighted by atomic mass is 10.2. The van der Waals surface area contributed by atoms with Crippen molar-refractivity contribution in [2.45, 2.75) is 12.8 Å². The quantitative estimate of drug-likeness (QED) is 0.587. The van der Waals surface area contributed by atoms with Gasteiger partial charge in [-0.15, -0.1) is 21.8 Å². The van der Waals surface area contributed by atoms with E-state index in [1.54, 1.807) is 6.07 Å². The Balaban J connectivity index is 2.24. The molecule has 0 radical (unpaired) electrons. The summed E-state index contributed by atoms with van der Waals surface area (Å²) in [6.45, 7) is 0. The number of benzene rings is 1. The minimum Gasteiger partial charge on any atom is -0.207 e. The zero-order chi connectivity index (χ0) is 12.3. The molecule has 1 heterocycles. The molecule has 90 valence electrons. The van der Waals surface area contributed by atoms with Crippen LogP contribution in [0.1, 0.15) is 11.4 Å². The molecule has 0 aliphatic heterocycles. The van der Waals surface area contributed by atoms with Crippen molar-refractivity contribution in [3.8, 4) is 10.6 Å². The molecule has 0 fully saturated rings. The fraction of sp³-hybridized carbons (Fsp3) is 0.273. The maximum atomic E-state index is 13.0. The van der Waals surface area contributed by atoms with Gasteiger partial charge in [0, 0.05) is 21.4 Å². The van der Waals surface area contributed by atoms with E-state index < -0.39 is 0 Å². The fourth-order valence-corrected chi connectivity index (χ4v) is 3.31. The Bertz CT molecular complexity index is 518. The molecule has 0 aliphatic carbocycles. The van der Waals surface area contributed by atoms with Crippen molar-refractivity contribution in [1.82, 2.24) is 10.2 Å². The van der Waals surface area contributed by atoms with Crippen LogP contribution in [0.15, 0.2) is 18.2 Å². The average Bonchev–Trinajstić information content (AvgIpc) is 2.75. The first-order valence-corrected chi connectivity index (χ1v) is 7.47. The van der Waals surface area contributed by atoms with Crippen LogP contribution in [0.5, 0.6) is 0 Å². The molecular formula is C11H9ClFIN2S. The van der Waals surface area contributed by atoms with Crippen molar-refractivity contribution in [2.75, 3.05) is 5.88 Å². The highest BCUT2D eigenvalue weighted by Gasteiger charge is 2.10. The van der Waals surface area contributed by atoms with Gasteiger partial charge < -0.3 is 0 Å². The van der Waals surface area contributed by atoms with E-state index in [2.05, 4.69) is 32.8 Å². The highest BCUT2D eigenvalue weighted by Crippen LogP contribution is 2.28. The van der Waals surface area contributed by atoms with Crippen LogP contribution >= 0.6 is 45.5 Å². The van der Waals surface area contributed by atoms with E-state index in [0.717, 1.165) is 32.0 Å². The van der Waals surface area contributed by atoms with Crippen LogP contribution in [0.25, 0.3) is 10.6 Å².